The van der Waals surface area contributed by atoms with Crippen LogP contribution in [0.1, 0.15) is 64.0 Å². The third kappa shape index (κ3) is 2.64. The van der Waals surface area contributed by atoms with Gasteiger partial charge in [0.1, 0.15) is 0 Å². The Labute approximate surface area is 93.3 Å². The van der Waals surface area contributed by atoms with Crippen molar-refractivity contribution in [2.45, 2.75) is 63.7 Å². The van der Waals surface area contributed by atoms with Gasteiger partial charge in [-0.1, -0.05) is 45.4 Å². The minimum Gasteiger partial charge on any atom is -0.365 e. The second-order valence-corrected chi connectivity index (χ2v) is 5.27. The number of aromatic nitrogens is 1. The van der Waals surface area contributed by atoms with Crippen LogP contribution in [0.5, 0.6) is 0 Å². The summed E-state index contributed by atoms with van der Waals surface area (Å²) in [6.45, 7) is 2.43. The van der Waals surface area contributed by atoms with Gasteiger partial charge in [-0.3, -0.25) is 0 Å². The molecule has 1 saturated carbocycles. The van der Waals surface area contributed by atoms with Crippen molar-refractivity contribution in [3.63, 3.8) is 0 Å². The molecular formula is C14H23N. The van der Waals surface area contributed by atoms with E-state index >= 15 is 0 Å². The summed E-state index contributed by atoms with van der Waals surface area (Å²) in [5.74, 6) is 0. The number of hydrogen-bond acceptors (Lipinski definition) is 0. The van der Waals surface area contributed by atoms with Gasteiger partial charge in [0, 0.05) is 17.3 Å². The van der Waals surface area contributed by atoms with Crippen molar-refractivity contribution in [2.75, 3.05) is 0 Å². The number of aromatic amines is 1. The molecule has 84 valence electrons. The molecule has 0 spiro atoms. The van der Waals surface area contributed by atoms with Gasteiger partial charge in [-0.25, -0.2) is 0 Å². The lowest BCUT2D eigenvalue weighted by Gasteiger charge is -2.28. The lowest BCUT2D eigenvalue weighted by atomic mass is 9.78. The molecule has 1 heteroatoms. The Bertz CT molecular complexity index is 264. The molecule has 2 rings (SSSR count). The molecule has 15 heavy (non-hydrogen) atoms. The van der Waals surface area contributed by atoms with E-state index in [-0.39, 0.29) is 0 Å². The Morgan fingerprint density at radius 2 is 1.60 bits per heavy atom. The van der Waals surface area contributed by atoms with Crippen molar-refractivity contribution in [1.82, 2.24) is 4.98 Å². The summed E-state index contributed by atoms with van der Waals surface area (Å²) in [4.78, 5) is 3.42. The topological polar surface area (TPSA) is 15.8 Å². The van der Waals surface area contributed by atoms with E-state index in [9.17, 15) is 0 Å². The van der Waals surface area contributed by atoms with E-state index < -0.39 is 0 Å². The number of rotatable bonds is 1. The smallest absolute Gasteiger partial charge is 0.0207 e. The first-order valence-corrected chi connectivity index (χ1v) is 6.45. The van der Waals surface area contributed by atoms with Crippen molar-refractivity contribution in [3.8, 4) is 0 Å². The maximum Gasteiger partial charge on any atom is 0.0207 e. The maximum atomic E-state index is 3.42. The van der Waals surface area contributed by atoms with Crippen molar-refractivity contribution < 1.29 is 0 Å². The fourth-order valence-electron chi connectivity index (χ4n) is 2.84. The SMILES string of the molecule is CC1(c2ccc[nH]2)CCCCCCCC1. The fourth-order valence-corrected chi connectivity index (χ4v) is 2.84. The summed E-state index contributed by atoms with van der Waals surface area (Å²) in [5.41, 5.74) is 1.86. The Kier molecular flexibility index (Phi) is 3.50. The zero-order chi connectivity index (χ0) is 10.6. The van der Waals surface area contributed by atoms with Gasteiger partial charge in [-0.2, -0.15) is 0 Å². The zero-order valence-electron chi connectivity index (χ0n) is 9.89. The molecule has 0 radical (unpaired) electrons. The second kappa shape index (κ2) is 4.87. The van der Waals surface area contributed by atoms with Crippen LogP contribution in [0, 0.1) is 0 Å². The quantitative estimate of drug-likeness (QED) is 0.699. The van der Waals surface area contributed by atoms with Crippen molar-refractivity contribution in [1.29, 1.82) is 0 Å². The Hall–Kier alpha value is -0.720. The first kappa shape index (κ1) is 10.8. The van der Waals surface area contributed by atoms with E-state index in [0.717, 1.165) is 0 Å². The highest BCUT2D eigenvalue weighted by Crippen LogP contribution is 2.35. The molecule has 0 unspecified atom stereocenters. The van der Waals surface area contributed by atoms with E-state index in [0.29, 0.717) is 5.41 Å². The van der Waals surface area contributed by atoms with Crippen molar-refractivity contribution in [2.24, 2.45) is 0 Å². The Morgan fingerprint density at radius 1 is 1.00 bits per heavy atom. The molecule has 0 amide bonds. The first-order valence-electron chi connectivity index (χ1n) is 6.45. The third-order valence-electron chi connectivity index (χ3n) is 3.96. The molecule has 1 nitrogen and oxygen atoms in total. The molecule has 0 atom stereocenters. The van der Waals surface area contributed by atoms with Crippen LogP contribution in [0.25, 0.3) is 0 Å². The molecule has 1 heterocycles. The highest BCUT2D eigenvalue weighted by Gasteiger charge is 2.26. The highest BCUT2D eigenvalue weighted by molar-refractivity contribution is 5.16. The van der Waals surface area contributed by atoms with E-state index in [1.807, 2.05) is 0 Å². The van der Waals surface area contributed by atoms with Crippen LogP contribution in [0.3, 0.4) is 0 Å². The molecule has 0 bridgehead atoms. The van der Waals surface area contributed by atoms with E-state index in [1.54, 1.807) is 0 Å². The number of H-pyrrole nitrogens is 1. The molecule has 1 N–H and O–H groups in total. The molecule has 0 saturated heterocycles. The van der Waals surface area contributed by atoms with Crippen LogP contribution in [0.4, 0.5) is 0 Å². The van der Waals surface area contributed by atoms with Crippen LogP contribution in [-0.2, 0) is 5.41 Å². The molecular weight excluding hydrogens is 182 g/mol. The van der Waals surface area contributed by atoms with Gasteiger partial charge >= 0.3 is 0 Å². The average Bonchev–Trinajstić information content (AvgIpc) is 2.75. The van der Waals surface area contributed by atoms with Gasteiger partial charge in [0.2, 0.25) is 0 Å². The van der Waals surface area contributed by atoms with E-state index in [4.69, 9.17) is 0 Å². The zero-order valence-corrected chi connectivity index (χ0v) is 9.89. The molecule has 1 aliphatic carbocycles. The summed E-state index contributed by atoms with van der Waals surface area (Å²) in [6, 6.07) is 4.39. The predicted octanol–water partition coefficient (Wildman–Crippen LogP) is 4.41. The minimum atomic E-state index is 0.411. The van der Waals surface area contributed by atoms with Crippen LogP contribution >= 0.6 is 0 Å². The Morgan fingerprint density at radius 3 is 2.13 bits per heavy atom. The van der Waals surface area contributed by atoms with Crippen molar-refractivity contribution in [3.05, 3.63) is 24.0 Å². The predicted molar refractivity (Wildman–Crippen MR) is 65.1 cm³/mol. The number of nitrogens with one attached hydrogen (secondary N) is 1. The van der Waals surface area contributed by atoms with Gasteiger partial charge in [-0.05, 0) is 25.0 Å². The molecule has 0 aromatic carbocycles. The molecule has 1 fully saturated rings. The van der Waals surface area contributed by atoms with E-state index in [1.165, 1.54) is 57.1 Å². The van der Waals surface area contributed by atoms with Gasteiger partial charge in [0.15, 0.2) is 0 Å². The summed E-state index contributed by atoms with van der Waals surface area (Å²) >= 11 is 0. The Balaban J connectivity index is 2.09. The highest BCUT2D eigenvalue weighted by atomic mass is 14.7. The standard InChI is InChI=1S/C14H23N/c1-14(13-9-8-12-15-13)10-6-4-2-3-5-7-11-14/h8-9,12,15H,2-7,10-11H2,1H3. The lowest BCUT2D eigenvalue weighted by molar-refractivity contribution is 0.373. The van der Waals surface area contributed by atoms with E-state index in [2.05, 4.69) is 30.2 Å². The van der Waals surface area contributed by atoms with Gasteiger partial charge in [0.05, 0.1) is 0 Å². The lowest BCUT2D eigenvalue weighted by Crippen LogP contribution is -2.22. The monoisotopic (exact) mass is 205 g/mol. The van der Waals surface area contributed by atoms with Gasteiger partial charge < -0.3 is 4.98 Å². The van der Waals surface area contributed by atoms with Crippen LogP contribution in [0.2, 0.25) is 0 Å². The number of hydrogen-bond donors (Lipinski definition) is 1. The summed E-state index contributed by atoms with van der Waals surface area (Å²) in [7, 11) is 0. The largest absolute Gasteiger partial charge is 0.365 e. The maximum absolute atomic E-state index is 3.42. The van der Waals surface area contributed by atoms with Gasteiger partial charge in [0.25, 0.3) is 0 Å². The summed E-state index contributed by atoms with van der Waals surface area (Å²) < 4.78 is 0. The average molecular weight is 205 g/mol. The molecule has 1 aromatic heterocycles. The second-order valence-electron chi connectivity index (χ2n) is 5.27. The summed E-state index contributed by atoms with van der Waals surface area (Å²) in [5, 5.41) is 0. The summed E-state index contributed by atoms with van der Waals surface area (Å²) in [6.07, 6.45) is 13.3. The van der Waals surface area contributed by atoms with Crippen LogP contribution < -0.4 is 0 Å². The molecule has 1 aliphatic rings. The van der Waals surface area contributed by atoms with Crippen molar-refractivity contribution >= 4 is 0 Å². The minimum absolute atomic E-state index is 0.411. The van der Waals surface area contributed by atoms with Gasteiger partial charge in [-0.15, -0.1) is 0 Å². The van der Waals surface area contributed by atoms with Crippen LogP contribution in [-0.4, -0.2) is 4.98 Å². The first-order chi connectivity index (χ1) is 7.31. The van der Waals surface area contributed by atoms with Crippen LogP contribution in [0.15, 0.2) is 18.3 Å². The normalized spacial score (nSPS) is 22.7. The molecule has 0 aliphatic heterocycles. The fraction of sp³-hybridized carbons (Fsp3) is 0.714. The molecule has 1 aromatic rings. The third-order valence-corrected chi connectivity index (χ3v) is 3.96.